The van der Waals surface area contributed by atoms with E-state index in [1.807, 2.05) is 72.8 Å². The van der Waals surface area contributed by atoms with Gasteiger partial charge < -0.3 is 0 Å². The van der Waals surface area contributed by atoms with Gasteiger partial charge in [-0.15, -0.1) is 0 Å². The summed E-state index contributed by atoms with van der Waals surface area (Å²) >= 11 is 0. The lowest BCUT2D eigenvalue weighted by Gasteiger charge is -2.07. The van der Waals surface area contributed by atoms with Gasteiger partial charge in [-0.2, -0.15) is 0 Å². The Balaban J connectivity index is 0.000000152. The van der Waals surface area contributed by atoms with E-state index in [9.17, 15) is 16.8 Å². The molecule has 0 saturated carbocycles. The summed E-state index contributed by atoms with van der Waals surface area (Å²) in [5.74, 6) is 0.780. The minimum atomic E-state index is -3.40. The van der Waals surface area contributed by atoms with Gasteiger partial charge in [0.2, 0.25) is 20.0 Å². The molecule has 0 aliphatic carbocycles. The highest BCUT2D eigenvalue weighted by molar-refractivity contribution is 7.89. The molecule has 0 N–H and O–H groups in total. The minimum Gasteiger partial charge on any atom is -0.237 e. The summed E-state index contributed by atoms with van der Waals surface area (Å²) in [6.07, 6.45) is 2.52. The number of aromatic nitrogens is 2. The Morgan fingerprint density at radius 3 is 1.15 bits per heavy atom. The third-order valence-corrected chi connectivity index (χ3v) is 11.4. The maximum Gasteiger partial charge on any atom is 0.236 e. The molecule has 2 heterocycles. The van der Waals surface area contributed by atoms with E-state index in [1.165, 1.54) is 31.6 Å². The number of nitrogens with zero attached hydrogens (tertiary/aromatic N) is 2. The van der Waals surface area contributed by atoms with Crippen molar-refractivity contribution in [2.24, 2.45) is 0 Å². The van der Waals surface area contributed by atoms with Gasteiger partial charge in [-0.3, -0.25) is 0 Å². The van der Waals surface area contributed by atoms with Crippen LogP contribution in [0.15, 0.2) is 109 Å². The Labute approximate surface area is 281 Å². The Kier molecular flexibility index (Phi) is 7.64. The second-order valence-corrected chi connectivity index (χ2v) is 16.9. The van der Waals surface area contributed by atoms with Crippen molar-refractivity contribution in [3.8, 4) is 0 Å². The highest BCUT2D eigenvalue weighted by Gasteiger charge is 2.21. The van der Waals surface area contributed by atoms with Gasteiger partial charge in [0.05, 0.1) is 34.6 Å². The van der Waals surface area contributed by atoms with Crippen LogP contribution in [0.25, 0.3) is 65.2 Å². The maximum atomic E-state index is 12.4. The number of hydrogen-bond donors (Lipinski definition) is 0. The molecule has 244 valence electrons. The monoisotopic (exact) mass is 674 g/mol. The van der Waals surface area contributed by atoms with Crippen molar-refractivity contribution in [1.29, 1.82) is 0 Å². The van der Waals surface area contributed by atoms with E-state index in [1.54, 1.807) is 0 Å². The number of benzene rings is 6. The molecular weight excluding hydrogens is 637 g/mol. The van der Waals surface area contributed by atoms with Crippen molar-refractivity contribution in [1.82, 2.24) is 7.94 Å². The summed E-state index contributed by atoms with van der Waals surface area (Å²) < 4.78 is 52.7. The van der Waals surface area contributed by atoms with E-state index in [-0.39, 0.29) is 0 Å². The van der Waals surface area contributed by atoms with Crippen LogP contribution >= 0.6 is 0 Å². The fourth-order valence-corrected chi connectivity index (χ4v) is 9.03. The SMILES string of the molecule is CC(C)c1ccc2c(c1)c1c3ccccc3ccc1n2S(C)(=O)=O.CC(C)c1ccc2c(c1)c1c3ccccc3ccc1n2S(C)(=O)=O. The molecule has 2 aromatic heterocycles. The lowest BCUT2D eigenvalue weighted by Crippen LogP contribution is -2.09. The number of hydrogen-bond acceptors (Lipinski definition) is 4. The zero-order chi connectivity index (χ0) is 34.1. The third-order valence-electron chi connectivity index (χ3n) is 9.27. The van der Waals surface area contributed by atoms with Crippen LogP contribution in [0.3, 0.4) is 0 Å². The van der Waals surface area contributed by atoms with Crippen LogP contribution in [-0.2, 0) is 20.0 Å². The van der Waals surface area contributed by atoms with E-state index >= 15 is 0 Å². The number of fused-ring (bicyclic) bond motifs is 10. The highest BCUT2D eigenvalue weighted by Crippen LogP contribution is 2.38. The fraction of sp³-hybridized carbons (Fsp3) is 0.200. The normalized spacial score (nSPS) is 12.7. The standard InChI is InChI=1S/2C20H19NO2S/c2*1-13(2)15-9-10-18-17(12-15)20-16-7-5-4-6-14(16)8-11-19(20)21(18)24(3,22)23/h2*4-13H,1-3H3. The Morgan fingerprint density at radius 2 is 0.792 bits per heavy atom. The molecule has 0 aliphatic rings. The summed E-state index contributed by atoms with van der Waals surface area (Å²) in [5.41, 5.74) is 5.40. The van der Waals surface area contributed by atoms with Crippen molar-refractivity contribution in [3.05, 3.63) is 120 Å². The first-order valence-corrected chi connectivity index (χ1v) is 19.8. The Hall–Kier alpha value is -4.66. The summed E-state index contributed by atoms with van der Waals surface area (Å²) in [7, 11) is -6.80. The maximum absolute atomic E-state index is 12.4. The highest BCUT2D eigenvalue weighted by atomic mass is 32.2. The predicted molar refractivity (Wildman–Crippen MR) is 203 cm³/mol. The minimum absolute atomic E-state index is 0.390. The van der Waals surface area contributed by atoms with Crippen molar-refractivity contribution in [2.45, 2.75) is 39.5 Å². The van der Waals surface area contributed by atoms with Crippen LogP contribution in [-0.4, -0.2) is 37.3 Å². The van der Waals surface area contributed by atoms with Crippen LogP contribution in [0, 0.1) is 0 Å². The Morgan fingerprint density at radius 1 is 0.438 bits per heavy atom. The molecule has 0 aliphatic heterocycles. The molecule has 0 spiro atoms. The lowest BCUT2D eigenvalue weighted by molar-refractivity contribution is 0.594. The zero-order valence-corrected chi connectivity index (χ0v) is 29.5. The quantitative estimate of drug-likeness (QED) is 0.186. The van der Waals surface area contributed by atoms with Crippen LogP contribution in [0.2, 0.25) is 0 Å². The van der Waals surface area contributed by atoms with E-state index < -0.39 is 20.0 Å². The molecule has 0 radical (unpaired) electrons. The van der Waals surface area contributed by atoms with E-state index in [0.29, 0.717) is 11.8 Å². The van der Waals surface area contributed by atoms with Crippen molar-refractivity contribution >= 4 is 85.2 Å². The van der Waals surface area contributed by atoms with Gasteiger partial charge in [0.15, 0.2) is 0 Å². The number of rotatable bonds is 4. The van der Waals surface area contributed by atoms with Crippen molar-refractivity contribution in [2.75, 3.05) is 12.5 Å². The van der Waals surface area contributed by atoms with E-state index in [2.05, 4.69) is 64.1 Å². The molecule has 0 fully saturated rings. The molecule has 8 heteroatoms. The average Bonchev–Trinajstić information content (AvgIpc) is 3.58. The van der Waals surface area contributed by atoms with E-state index in [4.69, 9.17) is 0 Å². The van der Waals surface area contributed by atoms with Crippen LogP contribution < -0.4 is 0 Å². The summed E-state index contributed by atoms with van der Waals surface area (Å²) in [6.45, 7) is 8.59. The van der Waals surface area contributed by atoms with Crippen LogP contribution in [0.5, 0.6) is 0 Å². The van der Waals surface area contributed by atoms with Crippen molar-refractivity contribution in [3.63, 3.8) is 0 Å². The smallest absolute Gasteiger partial charge is 0.236 e. The van der Waals surface area contributed by atoms with Crippen LogP contribution in [0.1, 0.15) is 50.7 Å². The second-order valence-electron chi connectivity index (χ2n) is 13.3. The predicted octanol–water partition coefficient (Wildman–Crippen LogP) is 9.76. The first-order valence-electron chi connectivity index (χ1n) is 16.1. The van der Waals surface area contributed by atoms with Gasteiger partial charge in [0.1, 0.15) is 0 Å². The first-order chi connectivity index (χ1) is 22.8. The first kappa shape index (κ1) is 31.9. The van der Waals surface area contributed by atoms with Gasteiger partial charge in [-0.25, -0.2) is 24.8 Å². The van der Waals surface area contributed by atoms with Gasteiger partial charge in [0.25, 0.3) is 0 Å². The zero-order valence-electron chi connectivity index (χ0n) is 27.9. The molecule has 6 aromatic carbocycles. The molecule has 0 saturated heterocycles. The molecule has 0 bridgehead atoms. The molecule has 8 rings (SSSR count). The van der Waals surface area contributed by atoms with Gasteiger partial charge in [0, 0.05) is 21.5 Å². The molecular formula is C40H38N2O4S2. The molecule has 6 nitrogen and oxygen atoms in total. The molecule has 48 heavy (non-hydrogen) atoms. The summed E-state index contributed by atoms with van der Waals surface area (Å²) in [4.78, 5) is 0. The molecule has 0 amide bonds. The topological polar surface area (TPSA) is 78.1 Å². The second kappa shape index (κ2) is 11.5. The summed E-state index contributed by atoms with van der Waals surface area (Å²) in [6, 6.07) is 36.2. The molecule has 0 atom stereocenters. The molecule has 8 aromatic rings. The van der Waals surface area contributed by atoms with Gasteiger partial charge >= 0.3 is 0 Å². The lowest BCUT2D eigenvalue weighted by atomic mass is 9.99. The van der Waals surface area contributed by atoms with Gasteiger partial charge in [-0.05, 0) is 80.9 Å². The van der Waals surface area contributed by atoms with Gasteiger partial charge in [-0.1, -0.05) is 100 Å². The average molecular weight is 675 g/mol. The Bertz CT molecular complexity index is 2590. The third kappa shape index (κ3) is 5.24. The van der Waals surface area contributed by atoms with E-state index in [0.717, 1.165) is 65.2 Å². The summed E-state index contributed by atoms with van der Waals surface area (Å²) in [5, 5.41) is 8.43. The molecule has 0 unspecified atom stereocenters. The van der Waals surface area contributed by atoms with Crippen molar-refractivity contribution < 1.29 is 16.8 Å². The van der Waals surface area contributed by atoms with Crippen LogP contribution in [0.4, 0.5) is 0 Å². The largest absolute Gasteiger partial charge is 0.237 e. The fourth-order valence-electron chi connectivity index (χ4n) is 6.98.